The monoisotopic (exact) mass is 363 g/mol. The molecule has 120 valence electrons. The Morgan fingerprint density at radius 2 is 1.91 bits per heavy atom. The largest absolute Gasteiger partial charge is 0.302 e. The number of thioether (sulfide) groups is 1. The summed E-state index contributed by atoms with van der Waals surface area (Å²) in [5, 5.41) is 12.7. The number of rotatable bonds is 5. The minimum absolute atomic E-state index is 0.765. The predicted molar refractivity (Wildman–Crippen MR) is 99.5 cm³/mol. The summed E-state index contributed by atoms with van der Waals surface area (Å²) in [6, 6.07) is 7.94. The van der Waals surface area contributed by atoms with E-state index in [0.717, 1.165) is 28.3 Å². The summed E-state index contributed by atoms with van der Waals surface area (Å²) in [7, 11) is 0. The summed E-state index contributed by atoms with van der Waals surface area (Å²) < 4.78 is 2.19. The molecule has 1 aromatic carbocycles. The summed E-state index contributed by atoms with van der Waals surface area (Å²) in [5.41, 5.74) is 3.72. The Kier molecular flexibility index (Phi) is 5.09. The molecule has 0 radical (unpaired) electrons. The van der Waals surface area contributed by atoms with E-state index in [9.17, 15) is 0 Å². The van der Waals surface area contributed by atoms with Crippen molar-refractivity contribution in [2.24, 2.45) is 0 Å². The molecule has 0 unspecified atom stereocenters. The van der Waals surface area contributed by atoms with Crippen molar-refractivity contribution >= 4 is 34.7 Å². The standard InChI is InChI=1S/C17H18ClN3S2/c1-4-21-16(15-10-22-12(3)11(15)2)19-20-17(21)23-9-13-5-7-14(18)8-6-13/h5-8,10H,4,9H2,1-3H3. The van der Waals surface area contributed by atoms with Gasteiger partial charge in [0, 0.05) is 33.1 Å². The van der Waals surface area contributed by atoms with E-state index in [1.807, 2.05) is 12.1 Å². The van der Waals surface area contributed by atoms with Crippen molar-refractivity contribution in [3.63, 3.8) is 0 Å². The van der Waals surface area contributed by atoms with Gasteiger partial charge in [0.2, 0.25) is 0 Å². The first-order chi connectivity index (χ1) is 11.1. The maximum atomic E-state index is 5.93. The summed E-state index contributed by atoms with van der Waals surface area (Å²) in [6.07, 6.45) is 0. The molecule has 0 aliphatic heterocycles. The van der Waals surface area contributed by atoms with Crippen LogP contribution in [-0.2, 0) is 12.3 Å². The van der Waals surface area contributed by atoms with Crippen LogP contribution in [0.3, 0.4) is 0 Å². The summed E-state index contributed by atoms with van der Waals surface area (Å²) >= 11 is 9.41. The Hall–Kier alpha value is -1.30. The first kappa shape index (κ1) is 16.6. The van der Waals surface area contributed by atoms with Crippen LogP contribution < -0.4 is 0 Å². The molecule has 3 rings (SSSR count). The average Bonchev–Trinajstić information content (AvgIpc) is 3.10. The maximum absolute atomic E-state index is 5.93. The van der Waals surface area contributed by atoms with E-state index >= 15 is 0 Å². The smallest absolute Gasteiger partial charge is 0.191 e. The number of aromatic nitrogens is 3. The first-order valence-corrected chi connectivity index (χ1v) is 9.70. The molecule has 3 nitrogen and oxygen atoms in total. The van der Waals surface area contributed by atoms with Crippen LogP contribution in [0.25, 0.3) is 11.4 Å². The van der Waals surface area contributed by atoms with Crippen molar-refractivity contribution in [3.8, 4) is 11.4 Å². The van der Waals surface area contributed by atoms with Gasteiger partial charge in [-0.25, -0.2) is 0 Å². The van der Waals surface area contributed by atoms with Crippen LogP contribution in [0.5, 0.6) is 0 Å². The lowest BCUT2D eigenvalue weighted by molar-refractivity contribution is 0.687. The maximum Gasteiger partial charge on any atom is 0.191 e. The van der Waals surface area contributed by atoms with Gasteiger partial charge in [-0.1, -0.05) is 35.5 Å². The van der Waals surface area contributed by atoms with Gasteiger partial charge in [-0.2, -0.15) is 0 Å². The fourth-order valence-electron chi connectivity index (χ4n) is 2.34. The molecule has 0 fully saturated rings. The van der Waals surface area contributed by atoms with Gasteiger partial charge >= 0.3 is 0 Å². The van der Waals surface area contributed by atoms with Gasteiger partial charge in [-0.05, 0) is 44.0 Å². The summed E-state index contributed by atoms with van der Waals surface area (Å²) in [4.78, 5) is 1.33. The van der Waals surface area contributed by atoms with Crippen molar-refractivity contribution in [1.82, 2.24) is 14.8 Å². The van der Waals surface area contributed by atoms with Crippen LogP contribution in [0, 0.1) is 13.8 Å². The van der Waals surface area contributed by atoms with Crippen molar-refractivity contribution in [3.05, 3.63) is 50.7 Å². The Morgan fingerprint density at radius 1 is 1.17 bits per heavy atom. The lowest BCUT2D eigenvalue weighted by atomic mass is 10.1. The highest BCUT2D eigenvalue weighted by Crippen LogP contribution is 2.32. The number of nitrogens with zero attached hydrogens (tertiary/aromatic N) is 3. The molecule has 0 N–H and O–H groups in total. The van der Waals surface area contributed by atoms with Gasteiger partial charge in [-0.15, -0.1) is 21.5 Å². The van der Waals surface area contributed by atoms with E-state index in [1.165, 1.54) is 21.6 Å². The van der Waals surface area contributed by atoms with Crippen LogP contribution in [0.1, 0.15) is 22.9 Å². The third kappa shape index (κ3) is 3.47. The molecule has 0 saturated heterocycles. The van der Waals surface area contributed by atoms with E-state index in [1.54, 1.807) is 23.1 Å². The molecule has 0 amide bonds. The normalized spacial score (nSPS) is 11.1. The molecule has 0 aliphatic rings. The number of thiophene rings is 1. The Bertz CT molecular complexity index is 806. The molecule has 0 bridgehead atoms. The molecule has 6 heteroatoms. The summed E-state index contributed by atoms with van der Waals surface area (Å²) in [6.45, 7) is 7.29. The van der Waals surface area contributed by atoms with Gasteiger partial charge in [-0.3, -0.25) is 0 Å². The zero-order valence-corrected chi connectivity index (χ0v) is 15.7. The van der Waals surface area contributed by atoms with Gasteiger partial charge in [0.15, 0.2) is 11.0 Å². The molecule has 0 aliphatic carbocycles. The molecule has 0 atom stereocenters. The van der Waals surface area contributed by atoms with Crippen molar-refractivity contribution in [2.45, 2.75) is 38.2 Å². The van der Waals surface area contributed by atoms with Crippen LogP contribution in [0.2, 0.25) is 5.02 Å². The zero-order chi connectivity index (χ0) is 16.4. The average molecular weight is 364 g/mol. The highest BCUT2D eigenvalue weighted by atomic mass is 35.5. The van der Waals surface area contributed by atoms with Gasteiger partial charge in [0.1, 0.15) is 0 Å². The van der Waals surface area contributed by atoms with Crippen LogP contribution in [0.4, 0.5) is 0 Å². The third-order valence-corrected chi connectivity index (χ3v) is 6.14. The molecule has 2 aromatic heterocycles. The predicted octanol–water partition coefficient (Wildman–Crippen LogP) is 5.59. The second-order valence-corrected chi connectivity index (χ2v) is 7.76. The molecule has 0 saturated carbocycles. The lowest BCUT2D eigenvalue weighted by Gasteiger charge is -2.07. The third-order valence-electron chi connectivity index (χ3n) is 3.84. The number of halogens is 1. The highest BCUT2D eigenvalue weighted by molar-refractivity contribution is 7.98. The minimum atomic E-state index is 0.765. The van der Waals surface area contributed by atoms with E-state index in [0.29, 0.717) is 0 Å². The summed E-state index contributed by atoms with van der Waals surface area (Å²) in [5.74, 6) is 1.82. The zero-order valence-electron chi connectivity index (χ0n) is 13.3. The first-order valence-electron chi connectivity index (χ1n) is 7.45. The Balaban J connectivity index is 1.83. The topological polar surface area (TPSA) is 30.7 Å². The molecular formula is C17H18ClN3S2. The van der Waals surface area contributed by atoms with Gasteiger partial charge < -0.3 is 4.57 Å². The fraction of sp³-hybridized carbons (Fsp3) is 0.294. The highest BCUT2D eigenvalue weighted by Gasteiger charge is 2.16. The van der Waals surface area contributed by atoms with E-state index in [-0.39, 0.29) is 0 Å². The van der Waals surface area contributed by atoms with Gasteiger partial charge in [0.05, 0.1) is 0 Å². The van der Waals surface area contributed by atoms with Gasteiger partial charge in [0.25, 0.3) is 0 Å². The van der Waals surface area contributed by atoms with Crippen molar-refractivity contribution in [2.75, 3.05) is 0 Å². The molecule has 3 aromatic rings. The van der Waals surface area contributed by atoms with Crippen molar-refractivity contribution in [1.29, 1.82) is 0 Å². The lowest BCUT2D eigenvalue weighted by Crippen LogP contribution is -2.00. The van der Waals surface area contributed by atoms with Crippen LogP contribution in [0.15, 0.2) is 34.8 Å². The number of aryl methyl sites for hydroxylation is 1. The number of hydrogen-bond acceptors (Lipinski definition) is 4. The minimum Gasteiger partial charge on any atom is -0.302 e. The molecular weight excluding hydrogens is 346 g/mol. The van der Waals surface area contributed by atoms with E-state index in [2.05, 4.69) is 53.0 Å². The Morgan fingerprint density at radius 3 is 2.52 bits per heavy atom. The van der Waals surface area contributed by atoms with E-state index in [4.69, 9.17) is 11.6 Å². The Labute approximate surface area is 149 Å². The quantitative estimate of drug-likeness (QED) is 0.553. The number of hydrogen-bond donors (Lipinski definition) is 0. The molecule has 23 heavy (non-hydrogen) atoms. The number of benzene rings is 1. The SMILES string of the molecule is CCn1c(SCc2ccc(Cl)cc2)nnc1-c1csc(C)c1C. The second kappa shape index (κ2) is 7.07. The second-order valence-electron chi connectivity index (χ2n) is 5.30. The molecule has 2 heterocycles. The van der Waals surface area contributed by atoms with E-state index < -0.39 is 0 Å². The molecule has 0 spiro atoms. The van der Waals surface area contributed by atoms with Crippen molar-refractivity contribution < 1.29 is 0 Å². The van der Waals surface area contributed by atoms with Crippen LogP contribution >= 0.6 is 34.7 Å². The van der Waals surface area contributed by atoms with Crippen LogP contribution in [-0.4, -0.2) is 14.8 Å². The fourth-order valence-corrected chi connectivity index (χ4v) is 4.29.